The van der Waals surface area contributed by atoms with Crippen LogP contribution >= 0.6 is 11.3 Å². The normalized spacial score (nSPS) is 15.4. The summed E-state index contributed by atoms with van der Waals surface area (Å²) in [6.07, 6.45) is 0. The van der Waals surface area contributed by atoms with Crippen LogP contribution in [0.1, 0.15) is 97.2 Å². The molecule has 21 aromatic rings. The molecule has 0 saturated carbocycles. The van der Waals surface area contributed by atoms with Crippen molar-refractivity contribution in [2.24, 2.45) is 0 Å². The van der Waals surface area contributed by atoms with Gasteiger partial charge in [0, 0.05) is 97.6 Å². The highest BCUT2D eigenvalue weighted by Gasteiger charge is 2.45. The Bertz CT molecular complexity index is 8490. The molecule has 6 heteroatoms. The number of anilines is 6. The molecule has 2 aliphatic heterocycles. The maximum atomic E-state index is 10.4. The fraction of sp³-hybridized carbons (Fsp3) is 0.0811. The molecule has 23 rings (SSSR count). The summed E-state index contributed by atoms with van der Waals surface area (Å²) in [6, 6.07) is 87.8. The van der Waals surface area contributed by atoms with Crippen LogP contribution < -0.4 is 9.80 Å². The van der Waals surface area contributed by atoms with E-state index >= 15 is 0 Å². The molecule has 17 aromatic carbocycles. The topological polar surface area (TPSA) is 21.3 Å². The van der Waals surface area contributed by atoms with Gasteiger partial charge in [-0.2, -0.15) is 0 Å². The Morgan fingerprint density at radius 1 is 0.282 bits per heavy atom. The Morgan fingerprint density at radius 2 is 0.726 bits per heavy atom. The number of nitrogens with zero attached hydrogens (tertiary/aromatic N) is 5. The Hall–Kier alpha value is -14.0. The van der Waals surface area contributed by atoms with Crippen molar-refractivity contribution in [1.82, 2.24) is 13.7 Å². The van der Waals surface area contributed by atoms with E-state index < -0.39 is 103 Å². The molecule has 0 amide bonds. The summed E-state index contributed by atoms with van der Waals surface area (Å²) >= 11 is 1.66. The highest BCUT2D eigenvalue weighted by molar-refractivity contribution is 7.26. The highest BCUT2D eigenvalue weighted by Crippen LogP contribution is 2.66. The number of hydrogen-bond acceptors (Lipinski definition) is 3. The van der Waals surface area contributed by atoms with Crippen LogP contribution in [0.3, 0.4) is 0 Å². The van der Waals surface area contributed by atoms with Crippen LogP contribution in [0.5, 0.6) is 0 Å². The van der Waals surface area contributed by atoms with Crippen LogP contribution in [0.2, 0.25) is 0 Å². The van der Waals surface area contributed by atoms with E-state index in [1.54, 1.807) is 20.5 Å². The molecule has 117 heavy (non-hydrogen) atoms. The summed E-state index contributed by atoms with van der Waals surface area (Å²) < 4.78 is 165. The van der Waals surface area contributed by atoms with Crippen LogP contribution in [0, 0.1) is 0 Å². The van der Waals surface area contributed by atoms with E-state index in [4.69, 9.17) is 0 Å². The van der Waals surface area contributed by atoms with Crippen LogP contribution in [-0.2, 0) is 10.8 Å². The zero-order valence-electron chi connectivity index (χ0n) is 80.8. The SMILES string of the molecule is [2H]c1c([2H])c([2H])c2c(c1[2H])c1c([2H])c([2H])c([2H])c([2H])c1n2-c1ccc2c(c1)N(c1c(-c3ccccc3)cc3sc4ccccc4c3c1-c1ccccc1)c1cc(-n3c4c([2H])c([2H])c([2H])c([2H])c4c4c([2H])c([2H])c([2H])c([2H])c43)cc3c1C2c1cc(-c2cc(C(C)(C)C)cc(C(C)(C)C)c2)ccc1N3c1c(-c2ccccc2)cc2c(c1-c1ccccc1)c1ccccc1n2-c1ccccc1. The van der Waals surface area contributed by atoms with E-state index in [9.17, 15) is 21.9 Å². The first-order valence-corrected chi connectivity index (χ1v) is 40.4. The molecule has 0 radical (unpaired) electrons. The van der Waals surface area contributed by atoms with Crippen LogP contribution in [0.15, 0.2) is 376 Å². The van der Waals surface area contributed by atoms with Gasteiger partial charge in [0.2, 0.25) is 0 Å². The van der Waals surface area contributed by atoms with Gasteiger partial charge >= 0.3 is 0 Å². The second-order valence-electron chi connectivity index (χ2n) is 32.7. The van der Waals surface area contributed by atoms with Gasteiger partial charge in [0.25, 0.3) is 0 Å². The van der Waals surface area contributed by atoms with Crippen molar-refractivity contribution in [3.05, 3.63) is 404 Å². The fourth-order valence-corrected chi connectivity index (χ4v) is 19.8. The molecule has 6 heterocycles. The van der Waals surface area contributed by atoms with Crippen molar-refractivity contribution >= 4 is 131 Å². The van der Waals surface area contributed by atoms with E-state index in [1.165, 1.54) is 0 Å². The number of thiophene rings is 1. The third-order valence-electron chi connectivity index (χ3n) is 23.9. The van der Waals surface area contributed by atoms with Gasteiger partial charge in [-0.15, -0.1) is 11.3 Å². The van der Waals surface area contributed by atoms with E-state index in [2.05, 4.69) is 232 Å². The molecule has 2 aliphatic rings. The maximum Gasteiger partial charge on any atom is 0.0645 e. The van der Waals surface area contributed by atoms with Gasteiger partial charge in [0.05, 0.1) is 94.8 Å². The van der Waals surface area contributed by atoms with E-state index in [-0.39, 0.29) is 65.8 Å². The van der Waals surface area contributed by atoms with E-state index in [0.29, 0.717) is 34.0 Å². The molecule has 5 nitrogen and oxygen atoms in total. The van der Waals surface area contributed by atoms with Crippen molar-refractivity contribution in [2.45, 2.75) is 58.3 Å². The molecule has 4 aromatic heterocycles. The van der Waals surface area contributed by atoms with Gasteiger partial charge in [-0.05, 0) is 163 Å². The number of fused-ring (bicyclic) bond motifs is 16. The van der Waals surface area contributed by atoms with Crippen molar-refractivity contribution < 1.29 is 21.9 Å². The van der Waals surface area contributed by atoms with Gasteiger partial charge in [-0.1, -0.05) is 320 Å². The molecule has 1 unspecified atom stereocenters. The Balaban J connectivity index is 0.997. The van der Waals surface area contributed by atoms with Crippen LogP contribution in [0.4, 0.5) is 34.1 Å². The van der Waals surface area contributed by atoms with Gasteiger partial charge < -0.3 is 23.5 Å². The molecular formula is C111H81N5S. The minimum Gasteiger partial charge on any atom is -0.309 e. The van der Waals surface area contributed by atoms with Gasteiger partial charge in [-0.25, -0.2) is 0 Å². The van der Waals surface area contributed by atoms with Crippen molar-refractivity contribution in [1.29, 1.82) is 0 Å². The second-order valence-corrected chi connectivity index (χ2v) is 33.8. The second kappa shape index (κ2) is 26.3. The summed E-state index contributed by atoms with van der Waals surface area (Å²) in [6.45, 7) is 13.4. The summed E-state index contributed by atoms with van der Waals surface area (Å²) in [5.74, 6) is -0.880. The average molecular weight is 1530 g/mol. The molecule has 0 N–H and O–H groups in total. The van der Waals surface area contributed by atoms with E-state index in [0.717, 1.165) is 131 Å². The Morgan fingerprint density at radius 3 is 1.27 bits per heavy atom. The smallest absolute Gasteiger partial charge is 0.0645 e. The van der Waals surface area contributed by atoms with Gasteiger partial charge in [0.1, 0.15) is 0 Å². The van der Waals surface area contributed by atoms with Crippen LogP contribution in [0.25, 0.3) is 158 Å². The number of benzene rings is 17. The van der Waals surface area contributed by atoms with Gasteiger partial charge in [0.15, 0.2) is 0 Å². The number of aromatic nitrogens is 3. The first kappa shape index (κ1) is 53.9. The number of para-hydroxylation sites is 6. The molecule has 0 aliphatic carbocycles. The predicted octanol–water partition coefficient (Wildman–Crippen LogP) is 31.0. The maximum absolute atomic E-state index is 10.4. The molecule has 556 valence electrons. The summed E-state index contributed by atoms with van der Waals surface area (Å²) in [5, 5.41) is 3.26. The molecule has 0 saturated heterocycles. The summed E-state index contributed by atoms with van der Waals surface area (Å²) in [7, 11) is 0. The average Bonchev–Trinajstić information content (AvgIpc) is 1.60. The third kappa shape index (κ3) is 10.6. The molecular weight excluding hydrogens is 1440 g/mol. The standard InChI is InChI=1S/C111H81N5S/c1-110(2,3)75-60-74(61-76(63-75)111(4,5)6)73-56-59-95-89(62-73)104-85-58-57-78(113-90-50-28-22-44-80(90)81-45-23-29-51-91(81)113)64-96(85)116(109-88(70-36-14-8-15-37-70)68-101-106(86-49-27-33-55-100(86)117-101)103(109)72-40-18-10-19-41-72)98-66-79(114-92-52-30-24-46-82(92)83-47-25-31-53-93(83)114)65-97(107(98)104)115(95)108-87(69-34-12-7-13-35-69)67-99-105(102(108)71-38-16-9-17-39-71)84-48-26-32-54-94(84)112(99)77-42-20-11-21-43-77/h7-68,104H,1-6H3/i22D,23D,24D,25D,28D,29D,30D,31D,44D,45D,46D,47D,50D,51D,52D,53D. The lowest BCUT2D eigenvalue weighted by molar-refractivity contribution is 0.569. The Labute approximate surface area is 707 Å². The lowest BCUT2D eigenvalue weighted by Gasteiger charge is -2.47. The first-order chi connectivity index (χ1) is 64.0. The summed E-state index contributed by atoms with van der Waals surface area (Å²) in [5.41, 5.74) is 18.6. The number of rotatable bonds is 10. The predicted molar refractivity (Wildman–Crippen MR) is 497 cm³/mol. The lowest BCUT2D eigenvalue weighted by atomic mass is 9.73. The number of hydrogen-bond donors (Lipinski definition) is 0. The lowest BCUT2D eigenvalue weighted by Crippen LogP contribution is -2.30. The van der Waals surface area contributed by atoms with E-state index in [1.807, 2.05) is 103 Å². The zero-order valence-corrected chi connectivity index (χ0v) is 65.6. The third-order valence-corrected chi connectivity index (χ3v) is 25.1. The quantitative estimate of drug-likeness (QED) is 0.136. The van der Waals surface area contributed by atoms with Crippen LogP contribution in [-0.4, -0.2) is 13.7 Å². The van der Waals surface area contributed by atoms with Crippen molar-refractivity contribution in [3.63, 3.8) is 0 Å². The zero-order chi connectivity index (χ0) is 92.0. The first-order valence-electron chi connectivity index (χ1n) is 47.6. The monoisotopic (exact) mass is 1530 g/mol. The molecule has 0 bridgehead atoms. The van der Waals surface area contributed by atoms with Gasteiger partial charge in [-0.3, -0.25) is 0 Å². The molecule has 0 fully saturated rings. The minimum absolute atomic E-state index is 0.0930. The van der Waals surface area contributed by atoms with Crippen molar-refractivity contribution in [3.8, 4) is 72.7 Å². The summed E-state index contributed by atoms with van der Waals surface area (Å²) in [4.78, 5) is 4.64. The fourth-order valence-electron chi connectivity index (χ4n) is 18.7. The minimum atomic E-state index is -0.880. The van der Waals surface area contributed by atoms with Crippen molar-refractivity contribution in [2.75, 3.05) is 9.80 Å². The molecule has 1 atom stereocenters. The Kier molecular flexibility index (Phi) is 12.1. The molecule has 0 spiro atoms. The largest absolute Gasteiger partial charge is 0.309 e. The highest BCUT2D eigenvalue weighted by atomic mass is 32.1.